The van der Waals surface area contributed by atoms with Gasteiger partial charge in [-0.25, -0.2) is 0 Å². The predicted octanol–water partition coefficient (Wildman–Crippen LogP) is 3.58. The molecule has 1 aromatic carbocycles. The first-order chi connectivity index (χ1) is 9.50. The van der Waals surface area contributed by atoms with E-state index in [2.05, 4.69) is 76.8 Å². The van der Waals surface area contributed by atoms with E-state index in [0.717, 1.165) is 11.9 Å². The Morgan fingerprint density at radius 1 is 1.05 bits per heavy atom. The highest BCUT2D eigenvalue weighted by molar-refractivity contribution is 9.09. The summed E-state index contributed by atoms with van der Waals surface area (Å²) in [6, 6.07) is 10.9. The van der Waals surface area contributed by atoms with Gasteiger partial charge in [0.05, 0.1) is 0 Å². The maximum absolute atomic E-state index is 3.69. The van der Waals surface area contributed by atoms with E-state index in [1.807, 2.05) is 0 Å². The smallest absolute Gasteiger partial charge is 0.0126 e. The van der Waals surface area contributed by atoms with Crippen LogP contribution in [0, 0.1) is 0 Å². The molecule has 1 aliphatic rings. The third-order valence-corrected chi connectivity index (χ3v) is 5.04. The van der Waals surface area contributed by atoms with Crippen molar-refractivity contribution >= 4 is 15.9 Å². The topological polar surface area (TPSA) is 6.48 Å². The quantitative estimate of drug-likeness (QED) is 0.774. The summed E-state index contributed by atoms with van der Waals surface area (Å²) >= 11 is 3.69. The van der Waals surface area contributed by atoms with Crippen LogP contribution < -0.4 is 0 Å². The van der Waals surface area contributed by atoms with Crippen molar-refractivity contribution < 1.29 is 0 Å². The molecule has 20 heavy (non-hydrogen) atoms. The molecule has 1 atom stereocenters. The zero-order valence-electron chi connectivity index (χ0n) is 13.0. The number of halogens is 1. The summed E-state index contributed by atoms with van der Waals surface area (Å²) < 4.78 is 0. The van der Waals surface area contributed by atoms with Gasteiger partial charge in [-0.05, 0) is 26.3 Å². The molecule has 1 heterocycles. The van der Waals surface area contributed by atoms with Crippen LogP contribution in [-0.4, -0.2) is 53.4 Å². The minimum atomic E-state index is 0.306. The highest BCUT2D eigenvalue weighted by Gasteiger charge is 2.26. The molecular weight excluding hydrogens is 312 g/mol. The van der Waals surface area contributed by atoms with Gasteiger partial charge in [0.2, 0.25) is 0 Å². The van der Waals surface area contributed by atoms with Gasteiger partial charge in [-0.3, -0.25) is 4.90 Å². The lowest BCUT2D eigenvalue weighted by atomic mass is 10.00. The predicted molar refractivity (Wildman–Crippen MR) is 90.7 cm³/mol. The summed E-state index contributed by atoms with van der Waals surface area (Å²) in [6.07, 6.45) is 0. The Kier molecular flexibility index (Phi) is 5.65. The molecule has 0 radical (unpaired) electrons. The summed E-state index contributed by atoms with van der Waals surface area (Å²) in [4.78, 5) is 5.20. The molecule has 0 spiro atoms. The summed E-state index contributed by atoms with van der Waals surface area (Å²) in [5.74, 6) is 0.595. The molecular formula is C17H27BrN2. The Bertz CT molecular complexity index is 391. The molecule has 1 aromatic rings. The highest BCUT2D eigenvalue weighted by Crippen LogP contribution is 2.21. The lowest BCUT2D eigenvalue weighted by Gasteiger charge is -2.43. The summed E-state index contributed by atoms with van der Waals surface area (Å²) in [5, 5.41) is 1.04. The average Bonchev–Trinajstić information content (AvgIpc) is 2.45. The van der Waals surface area contributed by atoms with Crippen LogP contribution in [0.25, 0.3) is 0 Å². The molecule has 3 heteroatoms. The van der Waals surface area contributed by atoms with Crippen molar-refractivity contribution in [3.05, 3.63) is 35.9 Å². The first-order valence-electron chi connectivity index (χ1n) is 7.59. The Balaban J connectivity index is 1.88. The van der Waals surface area contributed by atoms with Crippen molar-refractivity contribution in [2.45, 2.75) is 32.2 Å². The van der Waals surface area contributed by atoms with Crippen LogP contribution in [0.1, 0.15) is 32.3 Å². The van der Waals surface area contributed by atoms with Crippen LogP contribution in [0.5, 0.6) is 0 Å². The van der Waals surface area contributed by atoms with E-state index in [1.165, 1.54) is 31.7 Å². The Morgan fingerprint density at radius 3 is 2.15 bits per heavy atom. The third-order valence-electron chi connectivity index (χ3n) is 4.26. The second kappa shape index (κ2) is 7.06. The summed E-state index contributed by atoms with van der Waals surface area (Å²) in [7, 11) is 0. The summed E-state index contributed by atoms with van der Waals surface area (Å²) in [6.45, 7) is 12.9. The molecule has 2 nitrogen and oxygen atoms in total. The second-order valence-electron chi connectivity index (χ2n) is 6.72. The van der Waals surface area contributed by atoms with Crippen molar-refractivity contribution in [3.8, 4) is 0 Å². The van der Waals surface area contributed by atoms with Gasteiger partial charge in [-0.1, -0.05) is 46.3 Å². The molecule has 112 valence electrons. The van der Waals surface area contributed by atoms with Gasteiger partial charge in [0.15, 0.2) is 0 Å². The lowest BCUT2D eigenvalue weighted by molar-refractivity contribution is 0.0605. The van der Waals surface area contributed by atoms with Crippen molar-refractivity contribution in [1.82, 2.24) is 9.80 Å². The van der Waals surface area contributed by atoms with Gasteiger partial charge in [-0.15, -0.1) is 0 Å². The fraction of sp³-hybridized carbons (Fsp3) is 0.647. The van der Waals surface area contributed by atoms with Crippen molar-refractivity contribution in [2.24, 2.45) is 0 Å². The van der Waals surface area contributed by atoms with Crippen LogP contribution in [0.3, 0.4) is 0 Å². The first kappa shape index (κ1) is 16.0. The number of benzene rings is 1. The molecule has 0 amide bonds. The molecule has 1 fully saturated rings. The van der Waals surface area contributed by atoms with E-state index in [4.69, 9.17) is 0 Å². The SMILES string of the molecule is CC(C)(C)N1CCN(CC(CBr)c2ccccc2)CC1. The third kappa shape index (κ3) is 4.31. The number of hydrogen-bond acceptors (Lipinski definition) is 2. The molecule has 0 bridgehead atoms. The Morgan fingerprint density at radius 2 is 1.65 bits per heavy atom. The standard InChI is InChI=1S/C17H27BrN2/c1-17(2,3)20-11-9-19(10-12-20)14-16(13-18)15-7-5-4-6-8-15/h4-8,16H,9-14H2,1-3H3. The molecule has 1 aliphatic heterocycles. The Labute approximate surface area is 132 Å². The van der Waals surface area contributed by atoms with Gasteiger partial charge < -0.3 is 4.90 Å². The van der Waals surface area contributed by atoms with Crippen molar-refractivity contribution in [2.75, 3.05) is 38.1 Å². The maximum atomic E-state index is 3.69. The molecule has 0 N–H and O–H groups in total. The first-order valence-corrected chi connectivity index (χ1v) is 8.71. The average molecular weight is 339 g/mol. The van der Waals surface area contributed by atoms with Gasteiger partial charge in [0.1, 0.15) is 0 Å². The van der Waals surface area contributed by atoms with Crippen molar-refractivity contribution in [3.63, 3.8) is 0 Å². The summed E-state index contributed by atoms with van der Waals surface area (Å²) in [5.41, 5.74) is 1.75. The fourth-order valence-corrected chi connectivity index (χ4v) is 3.46. The molecule has 0 saturated carbocycles. The van der Waals surface area contributed by atoms with E-state index in [9.17, 15) is 0 Å². The normalized spacial score (nSPS) is 20.0. The minimum Gasteiger partial charge on any atom is -0.300 e. The van der Waals surface area contributed by atoms with Crippen molar-refractivity contribution in [1.29, 1.82) is 0 Å². The number of nitrogens with zero attached hydrogens (tertiary/aromatic N) is 2. The molecule has 1 unspecified atom stereocenters. The highest BCUT2D eigenvalue weighted by atomic mass is 79.9. The van der Waals surface area contributed by atoms with Crippen LogP contribution in [0.4, 0.5) is 0 Å². The number of alkyl halides is 1. The van der Waals surface area contributed by atoms with Gasteiger partial charge in [0.25, 0.3) is 0 Å². The lowest BCUT2D eigenvalue weighted by Crippen LogP contribution is -2.53. The largest absolute Gasteiger partial charge is 0.300 e. The zero-order valence-corrected chi connectivity index (χ0v) is 14.6. The van der Waals surface area contributed by atoms with Crippen LogP contribution in [0.2, 0.25) is 0 Å². The second-order valence-corrected chi connectivity index (χ2v) is 7.37. The van der Waals surface area contributed by atoms with E-state index in [0.29, 0.717) is 11.5 Å². The van der Waals surface area contributed by atoms with Gasteiger partial charge in [0, 0.05) is 49.5 Å². The van der Waals surface area contributed by atoms with E-state index >= 15 is 0 Å². The molecule has 0 aromatic heterocycles. The zero-order chi connectivity index (χ0) is 14.6. The van der Waals surface area contributed by atoms with Crippen LogP contribution in [-0.2, 0) is 0 Å². The number of rotatable bonds is 4. The molecule has 0 aliphatic carbocycles. The van der Waals surface area contributed by atoms with E-state index in [1.54, 1.807) is 0 Å². The monoisotopic (exact) mass is 338 g/mol. The van der Waals surface area contributed by atoms with E-state index < -0.39 is 0 Å². The van der Waals surface area contributed by atoms with Gasteiger partial charge in [-0.2, -0.15) is 0 Å². The maximum Gasteiger partial charge on any atom is 0.0126 e. The molecule has 1 saturated heterocycles. The molecule has 2 rings (SSSR count). The van der Waals surface area contributed by atoms with E-state index in [-0.39, 0.29) is 0 Å². The van der Waals surface area contributed by atoms with Gasteiger partial charge >= 0.3 is 0 Å². The Hall–Kier alpha value is -0.380. The number of hydrogen-bond donors (Lipinski definition) is 0. The fourth-order valence-electron chi connectivity index (χ4n) is 2.88. The minimum absolute atomic E-state index is 0.306. The van der Waals surface area contributed by atoms with Crippen LogP contribution >= 0.6 is 15.9 Å². The number of piperazine rings is 1. The van der Waals surface area contributed by atoms with Crippen LogP contribution in [0.15, 0.2) is 30.3 Å².